The van der Waals surface area contributed by atoms with Gasteiger partial charge in [-0.2, -0.15) is 10.4 Å². The molecule has 4 heterocycles. The first kappa shape index (κ1) is 19.1. The highest BCUT2D eigenvalue weighted by Crippen LogP contribution is 2.25. The molecule has 154 valence electrons. The second kappa shape index (κ2) is 7.77. The number of nitrogens with one attached hydrogen (secondary N) is 1. The van der Waals surface area contributed by atoms with Crippen molar-refractivity contribution in [3.8, 4) is 28.6 Å². The fourth-order valence-corrected chi connectivity index (χ4v) is 3.38. The third kappa shape index (κ3) is 3.36. The topological polar surface area (TPSA) is 116 Å². The van der Waals surface area contributed by atoms with Gasteiger partial charge >= 0.3 is 0 Å². The van der Waals surface area contributed by atoms with E-state index in [-0.39, 0.29) is 11.6 Å². The Hall–Kier alpha value is -4.84. The van der Waals surface area contributed by atoms with E-state index in [4.69, 9.17) is 5.26 Å². The van der Waals surface area contributed by atoms with Crippen molar-refractivity contribution in [3.05, 3.63) is 84.7 Å². The lowest BCUT2D eigenvalue weighted by atomic mass is 10.1. The molecule has 0 saturated heterocycles. The molecule has 1 aromatic carbocycles. The molecule has 0 aliphatic carbocycles. The van der Waals surface area contributed by atoms with E-state index in [1.54, 1.807) is 44.0 Å². The van der Waals surface area contributed by atoms with Crippen LogP contribution in [0.15, 0.2) is 73.4 Å². The van der Waals surface area contributed by atoms with Crippen LogP contribution in [0, 0.1) is 11.3 Å². The number of hydrogen-bond donors (Lipinski definition) is 1. The molecule has 0 aliphatic rings. The maximum absolute atomic E-state index is 13.0. The zero-order valence-electron chi connectivity index (χ0n) is 17.0. The molecule has 0 bridgehead atoms. The SMILES string of the molecule is CN(C(=O)c1cn2c(-c3ccc(-c4ccn[nH]4)cc3)cnc2cn1)c1ccc(C#N)cn1. The number of amides is 1. The largest absolute Gasteiger partial charge is 0.296 e. The molecule has 5 rings (SSSR count). The Morgan fingerprint density at radius 3 is 2.50 bits per heavy atom. The maximum Gasteiger partial charge on any atom is 0.279 e. The van der Waals surface area contributed by atoms with E-state index in [0.29, 0.717) is 17.0 Å². The highest BCUT2D eigenvalue weighted by molar-refractivity contribution is 6.03. The van der Waals surface area contributed by atoms with E-state index in [1.165, 1.54) is 11.1 Å². The van der Waals surface area contributed by atoms with E-state index in [0.717, 1.165) is 22.5 Å². The van der Waals surface area contributed by atoms with Crippen molar-refractivity contribution in [2.24, 2.45) is 0 Å². The van der Waals surface area contributed by atoms with Crippen LogP contribution in [0.4, 0.5) is 5.82 Å². The normalized spacial score (nSPS) is 10.8. The minimum atomic E-state index is -0.321. The van der Waals surface area contributed by atoms with Crippen molar-refractivity contribution < 1.29 is 4.79 Å². The smallest absolute Gasteiger partial charge is 0.279 e. The summed E-state index contributed by atoms with van der Waals surface area (Å²) < 4.78 is 1.84. The number of benzene rings is 1. The molecule has 0 radical (unpaired) electrons. The second-order valence-electron chi connectivity index (χ2n) is 7.07. The molecule has 1 amide bonds. The quantitative estimate of drug-likeness (QED) is 0.477. The van der Waals surface area contributed by atoms with Crippen molar-refractivity contribution >= 4 is 17.4 Å². The van der Waals surface area contributed by atoms with E-state index in [2.05, 4.69) is 25.1 Å². The summed E-state index contributed by atoms with van der Waals surface area (Å²) in [5.41, 5.74) is 5.06. The number of nitrogens with zero attached hydrogens (tertiary/aromatic N) is 7. The fourth-order valence-electron chi connectivity index (χ4n) is 3.38. The van der Waals surface area contributed by atoms with Crippen LogP contribution >= 0.6 is 0 Å². The van der Waals surface area contributed by atoms with Gasteiger partial charge in [-0.3, -0.25) is 19.2 Å². The predicted molar refractivity (Wildman–Crippen MR) is 118 cm³/mol. The molecule has 9 heteroatoms. The van der Waals surface area contributed by atoms with Gasteiger partial charge in [-0.1, -0.05) is 24.3 Å². The van der Waals surface area contributed by atoms with E-state index in [9.17, 15) is 4.79 Å². The molecule has 4 aromatic heterocycles. The van der Waals surface area contributed by atoms with Gasteiger partial charge in [0.2, 0.25) is 0 Å². The van der Waals surface area contributed by atoms with Gasteiger partial charge < -0.3 is 0 Å². The van der Waals surface area contributed by atoms with Gasteiger partial charge in [-0.15, -0.1) is 0 Å². The summed E-state index contributed by atoms with van der Waals surface area (Å²) in [7, 11) is 1.62. The molecule has 1 N–H and O–H groups in total. The number of aromatic nitrogens is 6. The Morgan fingerprint density at radius 2 is 1.81 bits per heavy atom. The van der Waals surface area contributed by atoms with Gasteiger partial charge in [0.15, 0.2) is 5.65 Å². The Morgan fingerprint density at radius 1 is 1.00 bits per heavy atom. The number of carbonyl (C=O) groups excluding carboxylic acids is 1. The van der Waals surface area contributed by atoms with Gasteiger partial charge in [-0.25, -0.2) is 15.0 Å². The first-order valence-corrected chi connectivity index (χ1v) is 9.71. The second-order valence-corrected chi connectivity index (χ2v) is 7.07. The predicted octanol–water partition coefficient (Wildman–Crippen LogP) is 3.33. The summed E-state index contributed by atoms with van der Waals surface area (Å²) in [6.07, 6.45) is 8.13. The molecule has 0 spiro atoms. The molecular weight excluding hydrogens is 404 g/mol. The highest BCUT2D eigenvalue weighted by atomic mass is 16.2. The third-order valence-electron chi connectivity index (χ3n) is 5.13. The van der Waals surface area contributed by atoms with Crippen molar-refractivity contribution in [2.45, 2.75) is 0 Å². The van der Waals surface area contributed by atoms with Gasteiger partial charge in [0.25, 0.3) is 5.91 Å². The van der Waals surface area contributed by atoms with Gasteiger partial charge in [0.1, 0.15) is 17.6 Å². The number of H-pyrrole nitrogens is 1. The number of anilines is 1. The van der Waals surface area contributed by atoms with Gasteiger partial charge in [-0.05, 0) is 23.8 Å². The minimum absolute atomic E-state index is 0.250. The highest BCUT2D eigenvalue weighted by Gasteiger charge is 2.18. The summed E-state index contributed by atoms with van der Waals surface area (Å²) in [6, 6.07) is 15.1. The maximum atomic E-state index is 13.0. The third-order valence-corrected chi connectivity index (χ3v) is 5.13. The number of hydrogen-bond acceptors (Lipinski definition) is 6. The van der Waals surface area contributed by atoms with Crippen LogP contribution in [0.1, 0.15) is 16.1 Å². The lowest BCUT2D eigenvalue weighted by molar-refractivity contribution is 0.0987. The minimum Gasteiger partial charge on any atom is -0.296 e. The van der Waals surface area contributed by atoms with Gasteiger partial charge in [0, 0.05) is 31.2 Å². The average Bonchev–Trinajstić information content (AvgIpc) is 3.53. The fraction of sp³-hybridized carbons (Fsp3) is 0.0435. The van der Waals surface area contributed by atoms with Crippen LogP contribution in [0.3, 0.4) is 0 Å². The molecule has 0 aliphatic heterocycles. The molecule has 0 saturated carbocycles. The summed E-state index contributed by atoms with van der Waals surface area (Å²) in [4.78, 5) is 27.3. The molecular formula is C23H16N8O. The first-order valence-electron chi connectivity index (χ1n) is 9.71. The Kier molecular flexibility index (Phi) is 4.65. The monoisotopic (exact) mass is 420 g/mol. The van der Waals surface area contributed by atoms with E-state index >= 15 is 0 Å². The standard InChI is InChI=1S/C23H16N8O/c1-30(21-7-2-15(10-24)11-26-21)23(32)19-14-31-20(12-27-22(31)13-25-19)17-5-3-16(4-6-17)18-8-9-28-29-18/h2-9,11-14H,1H3,(H,28,29). The summed E-state index contributed by atoms with van der Waals surface area (Å²) in [5, 5.41) is 15.9. The lowest BCUT2D eigenvalue weighted by Gasteiger charge is -2.15. The molecule has 5 aromatic rings. The summed E-state index contributed by atoms with van der Waals surface area (Å²) >= 11 is 0. The van der Waals surface area contributed by atoms with Crippen LogP contribution in [0.2, 0.25) is 0 Å². The van der Waals surface area contributed by atoms with Crippen LogP contribution in [0.25, 0.3) is 28.2 Å². The van der Waals surface area contributed by atoms with Crippen molar-refractivity contribution in [1.29, 1.82) is 5.26 Å². The molecule has 0 atom stereocenters. The molecule has 0 fully saturated rings. The number of fused-ring (bicyclic) bond motifs is 1. The Balaban J connectivity index is 1.47. The number of carbonyl (C=O) groups is 1. The zero-order chi connectivity index (χ0) is 22.1. The lowest BCUT2D eigenvalue weighted by Crippen LogP contribution is -2.28. The van der Waals surface area contributed by atoms with Gasteiger partial charge in [0.05, 0.1) is 29.3 Å². The Bertz CT molecular complexity index is 1450. The molecule has 9 nitrogen and oxygen atoms in total. The number of nitriles is 1. The number of aromatic amines is 1. The van der Waals surface area contributed by atoms with E-state index < -0.39 is 0 Å². The van der Waals surface area contributed by atoms with Crippen molar-refractivity contribution in [1.82, 2.24) is 29.5 Å². The zero-order valence-corrected chi connectivity index (χ0v) is 17.0. The molecule has 32 heavy (non-hydrogen) atoms. The number of rotatable bonds is 4. The number of imidazole rings is 1. The average molecular weight is 420 g/mol. The van der Waals surface area contributed by atoms with Crippen LogP contribution in [0.5, 0.6) is 0 Å². The van der Waals surface area contributed by atoms with Crippen LogP contribution < -0.4 is 4.90 Å². The first-order chi connectivity index (χ1) is 15.6. The number of pyridine rings is 1. The van der Waals surface area contributed by atoms with E-state index in [1.807, 2.05) is 40.8 Å². The van der Waals surface area contributed by atoms with Crippen molar-refractivity contribution in [3.63, 3.8) is 0 Å². The molecule has 0 unspecified atom stereocenters. The van der Waals surface area contributed by atoms with Crippen LogP contribution in [-0.4, -0.2) is 42.5 Å². The summed E-state index contributed by atoms with van der Waals surface area (Å²) in [6.45, 7) is 0. The van der Waals surface area contributed by atoms with Crippen molar-refractivity contribution in [2.75, 3.05) is 11.9 Å². The summed E-state index contributed by atoms with van der Waals surface area (Å²) in [5.74, 6) is 0.106. The Labute approximate surface area is 182 Å². The van der Waals surface area contributed by atoms with Crippen LogP contribution in [-0.2, 0) is 0 Å².